The molecule has 0 spiro atoms. The molecule has 1 N–H and O–H groups in total. The van der Waals surface area contributed by atoms with Gasteiger partial charge in [0.15, 0.2) is 0 Å². The average molecular weight is 326 g/mol. The number of hydrogen-bond acceptors (Lipinski definition) is 4. The number of piperazine rings is 1. The van der Waals surface area contributed by atoms with Crippen LogP contribution in [-0.4, -0.2) is 54.2 Å². The Morgan fingerprint density at radius 1 is 1.04 bits per heavy atom. The van der Waals surface area contributed by atoms with Crippen LogP contribution in [0.2, 0.25) is 0 Å². The van der Waals surface area contributed by atoms with E-state index in [2.05, 4.69) is 35.0 Å². The maximum atomic E-state index is 9.23. The van der Waals surface area contributed by atoms with Gasteiger partial charge < -0.3 is 14.7 Å². The molecule has 0 amide bonds. The summed E-state index contributed by atoms with van der Waals surface area (Å²) in [5, 5.41) is 9.23. The van der Waals surface area contributed by atoms with Gasteiger partial charge in [-0.3, -0.25) is 4.90 Å². The van der Waals surface area contributed by atoms with Gasteiger partial charge in [-0.15, -0.1) is 0 Å². The number of hydrogen-bond donors (Lipinski definition) is 1. The molecule has 1 atom stereocenters. The molecule has 1 fully saturated rings. The number of para-hydroxylation sites is 1. The van der Waals surface area contributed by atoms with E-state index >= 15 is 0 Å². The van der Waals surface area contributed by atoms with Crippen LogP contribution in [0.4, 0.5) is 0 Å². The first-order chi connectivity index (χ1) is 11.7. The predicted molar refractivity (Wildman–Crippen MR) is 96.4 cm³/mol. The molecule has 1 aliphatic rings. The number of nitrogens with zero attached hydrogens (tertiary/aromatic N) is 2. The van der Waals surface area contributed by atoms with Crippen molar-refractivity contribution >= 4 is 0 Å². The fourth-order valence-corrected chi connectivity index (χ4v) is 3.20. The highest BCUT2D eigenvalue weighted by molar-refractivity contribution is 5.33. The SMILES string of the molecule is CN1CCN(Cc2cccc(Oc3ccccc3)c2)C[C@H]1CCO. The molecule has 1 aliphatic heterocycles. The summed E-state index contributed by atoms with van der Waals surface area (Å²) < 4.78 is 5.93. The maximum Gasteiger partial charge on any atom is 0.127 e. The molecule has 4 nitrogen and oxygen atoms in total. The summed E-state index contributed by atoms with van der Waals surface area (Å²) in [7, 11) is 2.14. The van der Waals surface area contributed by atoms with Gasteiger partial charge in [-0.2, -0.15) is 0 Å². The molecule has 0 saturated carbocycles. The van der Waals surface area contributed by atoms with Crippen molar-refractivity contribution in [2.45, 2.75) is 19.0 Å². The van der Waals surface area contributed by atoms with E-state index in [1.165, 1.54) is 5.56 Å². The molecule has 1 heterocycles. The van der Waals surface area contributed by atoms with Crippen molar-refractivity contribution in [3.8, 4) is 11.5 Å². The second-order valence-electron chi connectivity index (χ2n) is 6.44. The van der Waals surface area contributed by atoms with E-state index in [4.69, 9.17) is 4.74 Å². The zero-order chi connectivity index (χ0) is 16.8. The quantitative estimate of drug-likeness (QED) is 0.885. The van der Waals surface area contributed by atoms with Crippen LogP contribution in [-0.2, 0) is 6.54 Å². The third-order valence-corrected chi connectivity index (χ3v) is 4.61. The van der Waals surface area contributed by atoms with Gasteiger partial charge in [-0.25, -0.2) is 0 Å². The fourth-order valence-electron chi connectivity index (χ4n) is 3.20. The van der Waals surface area contributed by atoms with Crippen molar-refractivity contribution < 1.29 is 9.84 Å². The van der Waals surface area contributed by atoms with Crippen LogP contribution in [0.1, 0.15) is 12.0 Å². The maximum absolute atomic E-state index is 9.23. The van der Waals surface area contributed by atoms with Gasteiger partial charge in [-0.05, 0) is 43.3 Å². The van der Waals surface area contributed by atoms with E-state index in [0.717, 1.165) is 44.1 Å². The monoisotopic (exact) mass is 326 g/mol. The Hall–Kier alpha value is -1.88. The van der Waals surface area contributed by atoms with E-state index < -0.39 is 0 Å². The van der Waals surface area contributed by atoms with Crippen LogP contribution in [0, 0.1) is 0 Å². The molecular weight excluding hydrogens is 300 g/mol. The highest BCUT2D eigenvalue weighted by atomic mass is 16.5. The summed E-state index contributed by atoms with van der Waals surface area (Å²) in [6.07, 6.45) is 0.837. The van der Waals surface area contributed by atoms with Crippen molar-refractivity contribution in [2.75, 3.05) is 33.3 Å². The summed E-state index contributed by atoms with van der Waals surface area (Å²) >= 11 is 0. The highest BCUT2D eigenvalue weighted by Crippen LogP contribution is 2.23. The van der Waals surface area contributed by atoms with E-state index in [1.807, 2.05) is 36.4 Å². The Labute approximate surface area is 144 Å². The molecule has 24 heavy (non-hydrogen) atoms. The van der Waals surface area contributed by atoms with Gasteiger partial charge in [0.05, 0.1) is 0 Å². The Balaban J connectivity index is 1.62. The Bertz CT molecular complexity index is 633. The zero-order valence-corrected chi connectivity index (χ0v) is 14.3. The topological polar surface area (TPSA) is 35.9 Å². The van der Waals surface area contributed by atoms with Crippen molar-refractivity contribution in [3.05, 3.63) is 60.2 Å². The first-order valence-electron chi connectivity index (χ1n) is 8.60. The second-order valence-corrected chi connectivity index (χ2v) is 6.44. The number of likely N-dealkylation sites (N-methyl/N-ethyl adjacent to an activating group) is 1. The van der Waals surface area contributed by atoms with Crippen LogP contribution < -0.4 is 4.74 Å². The first kappa shape index (κ1) is 17.0. The number of benzene rings is 2. The van der Waals surface area contributed by atoms with Crippen LogP contribution in [0.25, 0.3) is 0 Å². The fraction of sp³-hybridized carbons (Fsp3) is 0.400. The van der Waals surface area contributed by atoms with E-state index in [1.54, 1.807) is 0 Å². The molecule has 0 bridgehead atoms. The summed E-state index contributed by atoms with van der Waals surface area (Å²) in [6, 6.07) is 18.6. The lowest BCUT2D eigenvalue weighted by Crippen LogP contribution is -2.51. The molecule has 2 aromatic rings. The Morgan fingerprint density at radius 3 is 2.62 bits per heavy atom. The molecule has 2 aromatic carbocycles. The van der Waals surface area contributed by atoms with Crippen molar-refractivity contribution in [1.82, 2.24) is 9.80 Å². The zero-order valence-electron chi connectivity index (χ0n) is 14.3. The van der Waals surface area contributed by atoms with Gasteiger partial charge in [0.2, 0.25) is 0 Å². The third-order valence-electron chi connectivity index (χ3n) is 4.61. The molecule has 128 valence electrons. The van der Waals surface area contributed by atoms with Crippen LogP contribution in [0.15, 0.2) is 54.6 Å². The van der Waals surface area contributed by atoms with Gasteiger partial charge in [0.25, 0.3) is 0 Å². The minimum absolute atomic E-state index is 0.253. The first-order valence-corrected chi connectivity index (χ1v) is 8.60. The number of ether oxygens (including phenoxy) is 1. The summed E-state index contributed by atoms with van der Waals surface area (Å²) in [4.78, 5) is 4.81. The summed E-state index contributed by atoms with van der Waals surface area (Å²) in [5.41, 5.74) is 1.26. The Kier molecular flexibility index (Phi) is 5.86. The van der Waals surface area contributed by atoms with Gasteiger partial charge in [0.1, 0.15) is 11.5 Å². The van der Waals surface area contributed by atoms with E-state index in [0.29, 0.717) is 6.04 Å². The number of aliphatic hydroxyl groups is 1. The molecule has 4 heteroatoms. The lowest BCUT2D eigenvalue weighted by Gasteiger charge is -2.39. The van der Waals surface area contributed by atoms with Crippen molar-refractivity contribution in [2.24, 2.45) is 0 Å². The van der Waals surface area contributed by atoms with Crippen LogP contribution in [0.5, 0.6) is 11.5 Å². The van der Waals surface area contributed by atoms with E-state index in [-0.39, 0.29) is 6.61 Å². The number of aliphatic hydroxyl groups excluding tert-OH is 1. The minimum Gasteiger partial charge on any atom is -0.457 e. The molecule has 1 saturated heterocycles. The van der Waals surface area contributed by atoms with Crippen LogP contribution in [0.3, 0.4) is 0 Å². The Morgan fingerprint density at radius 2 is 1.83 bits per heavy atom. The summed E-state index contributed by atoms with van der Waals surface area (Å²) in [6.45, 7) is 4.28. The third kappa shape index (κ3) is 4.57. The van der Waals surface area contributed by atoms with Crippen LogP contribution >= 0.6 is 0 Å². The van der Waals surface area contributed by atoms with Gasteiger partial charge in [0, 0.05) is 38.8 Å². The lowest BCUT2D eigenvalue weighted by atomic mass is 10.1. The van der Waals surface area contributed by atoms with Crippen molar-refractivity contribution in [3.63, 3.8) is 0 Å². The molecular formula is C20H26N2O2. The summed E-state index contributed by atoms with van der Waals surface area (Å²) in [5.74, 6) is 1.73. The molecule has 0 aliphatic carbocycles. The minimum atomic E-state index is 0.253. The van der Waals surface area contributed by atoms with Crippen molar-refractivity contribution in [1.29, 1.82) is 0 Å². The molecule has 0 radical (unpaired) electrons. The molecule has 3 rings (SSSR count). The molecule has 0 aromatic heterocycles. The van der Waals surface area contributed by atoms with Gasteiger partial charge in [-0.1, -0.05) is 30.3 Å². The van der Waals surface area contributed by atoms with Gasteiger partial charge >= 0.3 is 0 Å². The smallest absolute Gasteiger partial charge is 0.127 e. The standard InChI is InChI=1S/C20H26N2O2/c1-21-11-12-22(16-18(21)10-13-23)15-17-6-5-9-20(14-17)24-19-7-3-2-4-8-19/h2-9,14,18,23H,10-13,15-16H2,1H3/t18-/m1/s1. The van der Waals surface area contributed by atoms with E-state index in [9.17, 15) is 5.11 Å². The molecule has 0 unspecified atom stereocenters. The lowest BCUT2D eigenvalue weighted by molar-refractivity contribution is 0.0743. The second kappa shape index (κ2) is 8.29. The largest absolute Gasteiger partial charge is 0.457 e. The normalized spacial score (nSPS) is 19.3. The predicted octanol–water partition coefficient (Wildman–Crippen LogP) is 2.98. The number of rotatable bonds is 6. The average Bonchev–Trinajstić information content (AvgIpc) is 2.59. The highest BCUT2D eigenvalue weighted by Gasteiger charge is 2.23.